The predicted octanol–water partition coefficient (Wildman–Crippen LogP) is 4.88. The van der Waals surface area contributed by atoms with Gasteiger partial charge in [0.15, 0.2) is 34.6 Å². The number of halogens is 4. The highest BCUT2D eigenvalue weighted by atomic mass is 32.2. The minimum Gasteiger partial charge on any atom is -0.493 e. The number of hydroxylamine groups is 2. The molecule has 2 saturated heterocycles. The van der Waals surface area contributed by atoms with Crippen molar-refractivity contribution in [3.63, 3.8) is 0 Å². The molecule has 2 fully saturated rings. The van der Waals surface area contributed by atoms with Gasteiger partial charge in [0, 0.05) is 69.8 Å². The normalized spacial score (nSPS) is 14.8. The number of hydrogen-bond donors (Lipinski definition) is 4. The molecule has 2 amide bonds. The van der Waals surface area contributed by atoms with Crippen molar-refractivity contribution in [2.45, 2.75) is 35.9 Å². The zero-order valence-corrected chi connectivity index (χ0v) is 39.7. The maximum atomic E-state index is 14.5. The van der Waals surface area contributed by atoms with Gasteiger partial charge in [-0.05, 0) is 67.1 Å². The van der Waals surface area contributed by atoms with Crippen molar-refractivity contribution >= 4 is 43.2 Å². The first-order valence-corrected chi connectivity index (χ1v) is 23.8. The largest absolute Gasteiger partial charge is 0.573 e. The van der Waals surface area contributed by atoms with E-state index in [9.17, 15) is 49.2 Å². The van der Waals surface area contributed by atoms with Crippen molar-refractivity contribution in [3.05, 3.63) is 83.7 Å². The summed E-state index contributed by atoms with van der Waals surface area (Å²) in [5.41, 5.74) is 3.33. The van der Waals surface area contributed by atoms with Gasteiger partial charge in [0.25, 0.3) is 11.8 Å². The van der Waals surface area contributed by atoms with Crippen molar-refractivity contribution in [2.75, 3.05) is 97.2 Å². The van der Waals surface area contributed by atoms with E-state index in [2.05, 4.69) is 4.74 Å². The number of carbonyl (C=O) groups is 2. The molecule has 0 bridgehead atoms. The van der Waals surface area contributed by atoms with Crippen molar-refractivity contribution in [1.29, 1.82) is 0 Å². The number of sulfonamides is 2. The third-order valence-electron chi connectivity index (χ3n) is 10.9. The molecule has 4 aromatic rings. The highest BCUT2D eigenvalue weighted by molar-refractivity contribution is 7.89. The number of anilines is 2. The Balaban J connectivity index is 0.000000258. The van der Waals surface area contributed by atoms with Gasteiger partial charge >= 0.3 is 6.36 Å². The lowest BCUT2D eigenvalue weighted by molar-refractivity contribution is -0.274. The molecule has 2 aliphatic rings. The Labute approximate surface area is 395 Å². The summed E-state index contributed by atoms with van der Waals surface area (Å²) in [5, 5.41) is 18.3. The number of benzene rings is 4. The molecule has 4 aromatic carbocycles. The Morgan fingerprint density at radius 2 is 1.04 bits per heavy atom. The second kappa shape index (κ2) is 23.3. The zero-order valence-electron chi connectivity index (χ0n) is 38.0. The van der Waals surface area contributed by atoms with Crippen LogP contribution in [0.5, 0.6) is 34.5 Å². The van der Waals surface area contributed by atoms with Crippen LogP contribution < -0.4 is 49.2 Å². The Hall–Kier alpha value is -6.32. The molecule has 0 spiro atoms. The Bertz CT molecular complexity index is 2650. The van der Waals surface area contributed by atoms with E-state index >= 15 is 0 Å². The van der Waals surface area contributed by atoms with E-state index < -0.39 is 49.6 Å². The second-order valence-electron chi connectivity index (χ2n) is 14.9. The van der Waals surface area contributed by atoms with Gasteiger partial charge in [-0.15, -0.1) is 13.2 Å². The summed E-state index contributed by atoms with van der Waals surface area (Å²) < 4.78 is 137. The fourth-order valence-corrected chi connectivity index (χ4v) is 10.6. The third-order valence-corrected chi connectivity index (χ3v) is 14.7. The number of amides is 2. The standard InChI is InChI=1S/C23H30FN3O7S.C20H22F3N3O7S/c1-4-5-14-34-18-7-6-16(15-17(18)24)26-10-12-27(13-11-26)35(30,31)20-9-8-19(32-2)22(33-3)21(20)23(28)25-29;1-31-15-7-8-16(17(18(15)32-2)19(27)24-28)34(29,30)26-11-9-25(10-12-26)13-3-5-14(6-4-13)33-20(21,22)23/h6-9,15,29H,4-5,10-14H2,1-3H3,(H,25,28);3-8,28H,9-12H2,1-2H3,(H,24,27). The first kappa shape index (κ1) is 53.6. The highest BCUT2D eigenvalue weighted by Crippen LogP contribution is 2.39. The van der Waals surface area contributed by atoms with Gasteiger partial charge in [0.1, 0.15) is 16.9 Å². The number of ether oxygens (including phenoxy) is 6. The van der Waals surface area contributed by atoms with Crippen molar-refractivity contribution < 1.29 is 82.8 Å². The highest BCUT2D eigenvalue weighted by Gasteiger charge is 2.37. The second-order valence-corrected chi connectivity index (χ2v) is 18.7. The van der Waals surface area contributed by atoms with Crippen LogP contribution in [0.15, 0.2) is 76.5 Å². The Kier molecular flexibility index (Phi) is 18.1. The lowest BCUT2D eigenvalue weighted by atomic mass is 10.1. The maximum Gasteiger partial charge on any atom is 0.573 e. The molecule has 0 atom stereocenters. The number of methoxy groups -OCH3 is 4. The molecule has 0 aromatic heterocycles. The van der Waals surface area contributed by atoms with E-state index in [0.717, 1.165) is 12.8 Å². The number of hydrogen-bond acceptors (Lipinski definition) is 16. The number of piperazine rings is 2. The molecular formula is C43H52F4N6O14S2. The van der Waals surface area contributed by atoms with Crippen LogP contribution in [0.25, 0.3) is 0 Å². The molecule has 0 radical (unpaired) electrons. The minimum atomic E-state index is -4.79. The van der Waals surface area contributed by atoms with Crippen LogP contribution in [0.3, 0.4) is 0 Å². The Morgan fingerprint density at radius 1 is 0.623 bits per heavy atom. The Morgan fingerprint density at radius 3 is 1.42 bits per heavy atom. The maximum absolute atomic E-state index is 14.5. The van der Waals surface area contributed by atoms with E-state index in [4.69, 9.17) is 28.9 Å². The molecular weight excluding hydrogens is 965 g/mol. The fraction of sp³-hybridized carbons (Fsp3) is 0.395. The van der Waals surface area contributed by atoms with Gasteiger partial charge in [-0.2, -0.15) is 8.61 Å². The van der Waals surface area contributed by atoms with Crippen LogP contribution in [-0.2, 0) is 20.0 Å². The van der Waals surface area contributed by atoms with Crippen LogP contribution in [0.1, 0.15) is 40.5 Å². The molecule has 0 aliphatic carbocycles. The van der Waals surface area contributed by atoms with E-state index in [1.54, 1.807) is 17.0 Å². The molecule has 20 nitrogen and oxygen atoms in total. The summed E-state index contributed by atoms with van der Waals surface area (Å²) in [6.45, 7) is 3.86. The van der Waals surface area contributed by atoms with Gasteiger partial charge in [-0.3, -0.25) is 20.0 Å². The molecule has 69 heavy (non-hydrogen) atoms. The summed E-state index contributed by atoms with van der Waals surface area (Å²) in [5.74, 6) is -2.82. The SMILES string of the molecule is CCCCOc1ccc(N2CCN(S(=O)(=O)c3ccc(OC)c(OC)c3C(=O)NO)CC2)cc1F.COc1ccc(S(=O)(=O)N2CCN(c3ccc(OC(F)(F)F)cc3)CC2)c(C(=O)NO)c1OC. The average Bonchev–Trinajstić information content (AvgIpc) is 3.35. The number of alkyl halides is 3. The van der Waals surface area contributed by atoms with Gasteiger partial charge in [-0.25, -0.2) is 32.2 Å². The summed E-state index contributed by atoms with van der Waals surface area (Å²) in [6.07, 6.45) is -3.01. The molecule has 26 heteroatoms. The van der Waals surface area contributed by atoms with Crippen LogP contribution in [0, 0.1) is 5.82 Å². The van der Waals surface area contributed by atoms with Crippen LogP contribution in [-0.4, -0.2) is 141 Å². The minimum absolute atomic E-state index is 0.0393. The van der Waals surface area contributed by atoms with Crippen LogP contribution >= 0.6 is 0 Å². The van der Waals surface area contributed by atoms with Crippen molar-refractivity contribution in [3.8, 4) is 34.5 Å². The van der Waals surface area contributed by atoms with Crippen LogP contribution in [0.4, 0.5) is 28.9 Å². The molecule has 2 aliphatic heterocycles. The summed E-state index contributed by atoms with van der Waals surface area (Å²) in [4.78, 5) is 27.6. The molecule has 0 unspecified atom stereocenters. The molecule has 6 rings (SSSR count). The van der Waals surface area contributed by atoms with Gasteiger partial charge < -0.3 is 38.2 Å². The van der Waals surface area contributed by atoms with Gasteiger partial charge in [0.2, 0.25) is 20.0 Å². The zero-order chi connectivity index (χ0) is 50.7. The van der Waals surface area contributed by atoms with Crippen molar-refractivity contribution in [1.82, 2.24) is 19.6 Å². The van der Waals surface area contributed by atoms with E-state index in [0.29, 0.717) is 31.1 Å². The molecule has 2 heterocycles. The molecule has 0 saturated carbocycles. The van der Waals surface area contributed by atoms with E-state index in [1.165, 1.54) is 103 Å². The smallest absolute Gasteiger partial charge is 0.493 e. The molecule has 4 N–H and O–H groups in total. The topological polar surface area (TPSA) is 235 Å². The summed E-state index contributed by atoms with van der Waals surface area (Å²) >= 11 is 0. The molecule has 378 valence electrons. The third kappa shape index (κ3) is 12.5. The average molecular weight is 1020 g/mol. The van der Waals surface area contributed by atoms with E-state index in [-0.39, 0.29) is 89.1 Å². The summed E-state index contributed by atoms with van der Waals surface area (Å²) in [6, 6.07) is 15.1. The number of rotatable bonds is 17. The fourth-order valence-electron chi connectivity index (χ4n) is 7.43. The first-order chi connectivity index (χ1) is 32.8. The van der Waals surface area contributed by atoms with Gasteiger partial charge in [0.05, 0.1) is 44.8 Å². The lowest BCUT2D eigenvalue weighted by Gasteiger charge is -2.35. The quantitative estimate of drug-likeness (QED) is 0.0477. The van der Waals surface area contributed by atoms with Gasteiger partial charge in [-0.1, -0.05) is 13.3 Å². The number of unbranched alkanes of at least 4 members (excludes halogenated alkanes) is 1. The number of nitrogens with zero attached hydrogens (tertiary/aromatic N) is 4. The number of nitrogens with one attached hydrogen (secondary N) is 2. The predicted molar refractivity (Wildman–Crippen MR) is 239 cm³/mol. The van der Waals surface area contributed by atoms with Crippen LogP contribution in [0.2, 0.25) is 0 Å². The first-order valence-electron chi connectivity index (χ1n) is 21.0. The summed E-state index contributed by atoms with van der Waals surface area (Å²) in [7, 11) is -3.17. The van der Waals surface area contributed by atoms with Crippen molar-refractivity contribution in [2.24, 2.45) is 0 Å². The lowest BCUT2D eigenvalue weighted by Crippen LogP contribution is -2.49. The monoisotopic (exact) mass is 1020 g/mol. The van der Waals surface area contributed by atoms with E-state index in [1.807, 2.05) is 11.8 Å². The number of carbonyl (C=O) groups excluding carboxylic acids is 2.